The van der Waals surface area contributed by atoms with E-state index >= 15 is 0 Å². The quantitative estimate of drug-likeness (QED) is 0.880. The topological polar surface area (TPSA) is 32.3 Å². The molecule has 0 spiro atoms. The van der Waals surface area contributed by atoms with Gasteiger partial charge in [-0.2, -0.15) is 13.2 Å². The molecule has 6 heteroatoms. The number of nitrogens with one attached hydrogen (secondary N) is 1. The van der Waals surface area contributed by atoms with Gasteiger partial charge in [0.25, 0.3) is 0 Å². The molecule has 0 atom stereocenters. The van der Waals surface area contributed by atoms with Gasteiger partial charge in [-0.15, -0.1) is 0 Å². The van der Waals surface area contributed by atoms with Gasteiger partial charge in [-0.05, 0) is 34.1 Å². The lowest BCUT2D eigenvalue weighted by Crippen LogP contribution is -2.27. The van der Waals surface area contributed by atoms with Crippen molar-refractivity contribution in [2.75, 3.05) is 18.5 Å². The summed E-state index contributed by atoms with van der Waals surface area (Å²) in [6.45, 7) is 3.98. The maximum Gasteiger partial charge on any atom is 0.416 e. The van der Waals surface area contributed by atoms with Crippen molar-refractivity contribution < 1.29 is 18.3 Å². The van der Waals surface area contributed by atoms with Crippen LogP contribution in [0.25, 0.3) is 0 Å². The van der Waals surface area contributed by atoms with Gasteiger partial charge >= 0.3 is 6.18 Å². The lowest BCUT2D eigenvalue weighted by molar-refractivity contribution is -0.137. The molecule has 0 aliphatic heterocycles. The SMILES string of the molecule is CC(C)(CO)CNc1cc(C(F)(F)F)ccc1Br. The summed E-state index contributed by atoms with van der Waals surface area (Å²) in [5, 5.41) is 12.0. The number of alkyl halides is 3. The van der Waals surface area contributed by atoms with Crippen molar-refractivity contribution in [3.8, 4) is 0 Å². The van der Waals surface area contributed by atoms with Gasteiger partial charge in [-0.25, -0.2) is 0 Å². The number of rotatable bonds is 4. The molecule has 0 radical (unpaired) electrons. The van der Waals surface area contributed by atoms with E-state index in [1.165, 1.54) is 6.07 Å². The summed E-state index contributed by atoms with van der Waals surface area (Å²) >= 11 is 3.19. The average molecular weight is 326 g/mol. The van der Waals surface area contributed by atoms with E-state index in [0.29, 0.717) is 16.7 Å². The molecule has 0 amide bonds. The molecule has 0 aliphatic rings. The van der Waals surface area contributed by atoms with Gasteiger partial charge in [0, 0.05) is 28.7 Å². The van der Waals surface area contributed by atoms with Crippen molar-refractivity contribution in [2.45, 2.75) is 20.0 Å². The Morgan fingerprint density at radius 2 is 1.89 bits per heavy atom. The van der Waals surface area contributed by atoms with Crippen LogP contribution in [0.4, 0.5) is 18.9 Å². The van der Waals surface area contributed by atoms with Crippen LogP contribution in [-0.4, -0.2) is 18.3 Å². The summed E-state index contributed by atoms with van der Waals surface area (Å²) in [6, 6.07) is 3.43. The highest BCUT2D eigenvalue weighted by Gasteiger charge is 2.31. The molecule has 2 N–H and O–H groups in total. The van der Waals surface area contributed by atoms with Crippen LogP contribution in [-0.2, 0) is 6.18 Å². The largest absolute Gasteiger partial charge is 0.416 e. The number of hydrogen-bond acceptors (Lipinski definition) is 2. The second kappa shape index (κ2) is 5.48. The van der Waals surface area contributed by atoms with Crippen molar-refractivity contribution in [1.82, 2.24) is 0 Å². The number of hydrogen-bond donors (Lipinski definition) is 2. The lowest BCUT2D eigenvalue weighted by atomic mass is 9.95. The Kier molecular flexibility index (Phi) is 4.66. The molecule has 0 aliphatic carbocycles. The minimum Gasteiger partial charge on any atom is -0.396 e. The van der Waals surface area contributed by atoms with E-state index in [4.69, 9.17) is 5.11 Å². The number of benzene rings is 1. The number of halogens is 4. The highest BCUT2D eigenvalue weighted by molar-refractivity contribution is 9.10. The van der Waals surface area contributed by atoms with E-state index in [-0.39, 0.29) is 6.61 Å². The summed E-state index contributed by atoms with van der Waals surface area (Å²) in [4.78, 5) is 0. The molecule has 1 aromatic rings. The highest BCUT2D eigenvalue weighted by Crippen LogP contribution is 2.34. The van der Waals surface area contributed by atoms with Crippen LogP contribution in [0, 0.1) is 5.41 Å². The molecule has 1 aromatic carbocycles. The Morgan fingerprint density at radius 1 is 1.28 bits per heavy atom. The van der Waals surface area contributed by atoms with Gasteiger partial charge < -0.3 is 10.4 Å². The van der Waals surface area contributed by atoms with Crippen molar-refractivity contribution in [2.24, 2.45) is 5.41 Å². The Morgan fingerprint density at radius 3 is 2.39 bits per heavy atom. The first kappa shape index (κ1) is 15.3. The van der Waals surface area contributed by atoms with Gasteiger partial charge in [0.1, 0.15) is 0 Å². The molecule has 18 heavy (non-hydrogen) atoms. The molecule has 0 fully saturated rings. The minimum absolute atomic E-state index is 0.0451. The molecule has 2 nitrogen and oxygen atoms in total. The fourth-order valence-corrected chi connectivity index (χ4v) is 1.61. The predicted octanol–water partition coefficient (Wildman–Crippen LogP) is 3.90. The first-order valence-corrected chi connectivity index (χ1v) is 6.16. The Labute approximate surface area is 112 Å². The molecular weight excluding hydrogens is 311 g/mol. The zero-order valence-corrected chi connectivity index (χ0v) is 11.7. The van der Waals surface area contributed by atoms with Crippen LogP contribution >= 0.6 is 15.9 Å². The molecule has 0 saturated heterocycles. The van der Waals surface area contributed by atoms with Gasteiger partial charge in [0.2, 0.25) is 0 Å². The van der Waals surface area contributed by atoms with Crippen molar-refractivity contribution >= 4 is 21.6 Å². The fraction of sp³-hybridized carbons (Fsp3) is 0.500. The third-order valence-corrected chi connectivity index (χ3v) is 3.17. The van der Waals surface area contributed by atoms with E-state index in [1.54, 1.807) is 0 Å². The van der Waals surface area contributed by atoms with Crippen molar-refractivity contribution in [3.63, 3.8) is 0 Å². The zero-order chi connectivity index (χ0) is 14.0. The van der Waals surface area contributed by atoms with E-state index in [0.717, 1.165) is 12.1 Å². The van der Waals surface area contributed by atoms with Crippen LogP contribution in [0.15, 0.2) is 22.7 Å². The van der Waals surface area contributed by atoms with Gasteiger partial charge in [-0.3, -0.25) is 0 Å². The minimum atomic E-state index is -4.36. The predicted molar refractivity (Wildman–Crippen MR) is 68.5 cm³/mol. The van der Waals surface area contributed by atoms with Crippen molar-refractivity contribution in [1.29, 1.82) is 0 Å². The second-order valence-corrected chi connectivity index (χ2v) is 5.72. The summed E-state index contributed by atoms with van der Waals surface area (Å²) < 4.78 is 38.2. The standard InChI is InChI=1S/C12H15BrF3NO/c1-11(2,7-18)6-17-10-5-8(12(14,15)16)3-4-9(10)13/h3-5,17-18H,6-7H2,1-2H3. The maximum absolute atomic E-state index is 12.6. The molecule has 0 heterocycles. The number of anilines is 1. The first-order chi connectivity index (χ1) is 8.15. The summed E-state index contributed by atoms with van der Waals surface area (Å²) in [5.41, 5.74) is -0.727. The summed E-state index contributed by atoms with van der Waals surface area (Å²) in [6.07, 6.45) is -4.36. The first-order valence-electron chi connectivity index (χ1n) is 5.37. The Bertz CT molecular complexity index is 418. The summed E-state index contributed by atoms with van der Waals surface area (Å²) in [7, 11) is 0. The van der Waals surface area contributed by atoms with Crippen LogP contribution in [0.3, 0.4) is 0 Å². The zero-order valence-electron chi connectivity index (χ0n) is 10.1. The van der Waals surface area contributed by atoms with E-state index in [2.05, 4.69) is 21.2 Å². The second-order valence-electron chi connectivity index (χ2n) is 4.87. The van der Waals surface area contributed by atoms with Gasteiger partial charge in [0.05, 0.1) is 5.56 Å². The highest BCUT2D eigenvalue weighted by atomic mass is 79.9. The molecule has 0 bridgehead atoms. The Balaban J connectivity index is 2.89. The van der Waals surface area contributed by atoms with Crippen LogP contribution in [0.2, 0.25) is 0 Å². The monoisotopic (exact) mass is 325 g/mol. The Hall–Kier alpha value is -0.750. The van der Waals surface area contributed by atoms with E-state index in [1.807, 2.05) is 13.8 Å². The van der Waals surface area contributed by atoms with E-state index < -0.39 is 17.2 Å². The smallest absolute Gasteiger partial charge is 0.396 e. The average Bonchev–Trinajstić information content (AvgIpc) is 2.26. The van der Waals surface area contributed by atoms with Gasteiger partial charge in [0.15, 0.2) is 0 Å². The van der Waals surface area contributed by atoms with Crippen LogP contribution in [0.1, 0.15) is 19.4 Å². The maximum atomic E-state index is 12.6. The summed E-state index contributed by atoms with van der Waals surface area (Å²) in [5.74, 6) is 0. The molecule has 0 unspecified atom stereocenters. The normalized spacial score (nSPS) is 12.6. The van der Waals surface area contributed by atoms with Crippen LogP contribution in [0.5, 0.6) is 0 Å². The number of aliphatic hydroxyl groups excluding tert-OH is 1. The van der Waals surface area contributed by atoms with Crippen molar-refractivity contribution in [3.05, 3.63) is 28.2 Å². The van der Waals surface area contributed by atoms with E-state index in [9.17, 15) is 13.2 Å². The van der Waals surface area contributed by atoms with Crippen LogP contribution < -0.4 is 5.32 Å². The number of aliphatic hydroxyl groups is 1. The third kappa shape index (κ3) is 4.17. The fourth-order valence-electron chi connectivity index (χ4n) is 1.23. The molecule has 0 aromatic heterocycles. The molecule has 0 saturated carbocycles. The lowest BCUT2D eigenvalue weighted by Gasteiger charge is -2.23. The van der Waals surface area contributed by atoms with Gasteiger partial charge in [-0.1, -0.05) is 13.8 Å². The molecule has 102 valence electrons. The third-order valence-electron chi connectivity index (χ3n) is 2.48. The molecule has 1 rings (SSSR count). The molecular formula is C12H15BrF3NO.